The number of anilines is 1. The molecule has 0 aromatic carbocycles. The number of carboxylic acid groups (broad SMARTS) is 1. The summed E-state index contributed by atoms with van der Waals surface area (Å²) in [5.41, 5.74) is 12.5. The lowest BCUT2D eigenvalue weighted by Gasteiger charge is -2.26. The molecule has 0 unspecified atom stereocenters. The fraction of sp³-hybridized carbons (Fsp3) is 0.526. The quantitative estimate of drug-likeness (QED) is 0.0272. The van der Waals surface area contributed by atoms with Crippen molar-refractivity contribution in [2.45, 2.75) is 282 Å². The Labute approximate surface area is 768 Å². The molecule has 7 rings (SSSR count). The molecule has 128 heavy (non-hydrogen) atoms. The molecule has 7 atom stereocenters. The van der Waals surface area contributed by atoms with Crippen molar-refractivity contribution in [2.75, 3.05) is 19.0 Å². The molecule has 31 heteroatoms. The van der Waals surface area contributed by atoms with Gasteiger partial charge in [-0.1, -0.05) is 169 Å². The van der Waals surface area contributed by atoms with E-state index in [0.29, 0.717) is 26.7 Å². The Hall–Kier alpha value is -11.4. The van der Waals surface area contributed by atoms with Gasteiger partial charge in [-0.25, -0.2) is 38.4 Å². The van der Waals surface area contributed by atoms with E-state index in [1.54, 1.807) is 156 Å². The second kappa shape index (κ2) is 52.8. The molecule has 0 aliphatic heterocycles. The second-order valence-electron chi connectivity index (χ2n) is 38.7. The zero-order valence-electron chi connectivity index (χ0n) is 81.0. The minimum Gasteiger partial charge on any atom is -0.478 e. The highest BCUT2D eigenvalue weighted by Crippen LogP contribution is 2.27. The topological polar surface area (TPSA) is 362 Å². The molecular weight excluding hydrogens is 1680 g/mol. The number of carbonyl (C=O) groups excluding carboxylic acids is 9. The SMILES string of the molecule is C[C@@H](OC(=O)C[n+]1ccc(C#N)cc1)C(C)(C)C.C[C@@H](OC(=O)C[n+]1ccc(C(=O)O)cc1)C(C)(C)C.C[C@@H](OC(=O)C[n+]1ccc(C(N)=O)cc1)C(C)(C)C.C[C@@H](OC(=O)C[n+]1ccc(Cl)cc1)C(C)(C)C.C[C@@H](OC(=O)C[n+]1ccc(N(C)C)cc1)C(C)(C)C.C[C@@H](OC(=O)C[n+]1cccc(C(N)=O)c1)C(C)(C)C.C[C@@H](OC(=O)C[n+]1cccc(Cl)c1)C(C)(C)C. The highest BCUT2D eigenvalue weighted by Gasteiger charge is 2.32. The number of hydrogen-bond acceptors (Lipinski definition) is 19. The average molecular weight is 1820 g/mol. The molecule has 29 nitrogen and oxygen atoms in total. The van der Waals surface area contributed by atoms with Gasteiger partial charge in [0.2, 0.25) is 51.7 Å². The molecule has 0 fully saturated rings. The smallest absolute Gasteiger partial charge is 0.372 e. The molecule has 0 aliphatic rings. The van der Waals surface area contributed by atoms with Crippen LogP contribution in [0.25, 0.3) is 0 Å². The van der Waals surface area contributed by atoms with Crippen LogP contribution in [0, 0.1) is 49.2 Å². The summed E-state index contributed by atoms with van der Waals surface area (Å²) in [5, 5.41) is 18.7. The molecule has 7 aromatic heterocycles. The number of nitrogens with two attached hydrogens (primary N) is 2. The van der Waals surface area contributed by atoms with Crippen LogP contribution in [0.1, 0.15) is 231 Å². The van der Waals surface area contributed by atoms with Crippen molar-refractivity contribution in [2.24, 2.45) is 49.4 Å². The van der Waals surface area contributed by atoms with Crippen LogP contribution in [0.3, 0.4) is 0 Å². The number of amides is 2. The number of carboxylic acids is 1. The highest BCUT2D eigenvalue weighted by atomic mass is 35.5. The zero-order chi connectivity index (χ0) is 98.4. The van der Waals surface area contributed by atoms with Crippen molar-refractivity contribution >= 4 is 88.5 Å². The molecule has 2 amide bonds. The number of halogens is 2. The molecule has 7 heterocycles. The maximum atomic E-state index is 11.8. The number of esters is 7. The Morgan fingerprint density at radius 1 is 0.328 bits per heavy atom. The summed E-state index contributed by atoms with van der Waals surface area (Å²) in [6.07, 6.45) is 22.8. The Balaban J connectivity index is 0.000000747. The minimum absolute atomic E-state index is 0.0326. The minimum atomic E-state index is -0.990. The van der Waals surface area contributed by atoms with Gasteiger partial charge in [0.15, 0.2) is 86.8 Å². The lowest BCUT2D eigenvalue weighted by molar-refractivity contribution is -0.686. The summed E-state index contributed by atoms with van der Waals surface area (Å²) in [7, 11) is 3.97. The van der Waals surface area contributed by atoms with Crippen LogP contribution < -0.4 is 48.3 Å². The molecule has 0 spiro atoms. The van der Waals surface area contributed by atoms with Gasteiger partial charge in [0.25, 0.3) is 5.91 Å². The summed E-state index contributed by atoms with van der Waals surface area (Å²) in [5.74, 6) is -3.95. The Bertz CT molecular complexity index is 4640. The first-order valence-corrected chi connectivity index (χ1v) is 43.0. The van der Waals surface area contributed by atoms with Crippen LogP contribution in [0.5, 0.6) is 0 Å². The van der Waals surface area contributed by atoms with Crippen LogP contribution in [0.4, 0.5) is 5.69 Å². The van der Waals surface area contributed by atoms with Gasteiger partial charge in [0.05, 0.1) is 27.8 Å². The third kappa shape index (κ3) is 48.5. The maximum Gasteiger partial charge on any atom is 0.372 e. The van der Waals surface area contributed by atoms with Crippen molar-refractivity contribution in [3.63, 3.8) is 0 Å². The van der Waals surface area contributed by atoms with Gasteiger partial charge in [-0.2, -0.15) is 37.2 Å². The molecule has 0 radical (unpaired) electrons. The highest BCUT2D eigenvalue weighted by molar-refractivity contribution is 6.30. The molecule has 0 saturated heterocycles. The van der Waals surface area contributed by atoms with E-state index in [-0.39, 0.29) is 174 Å². The van der Waals surface area contributed by atoms with Crippen LogP contribution in [-0.2, 0) is 113 Å². The standard InChI is InChI=1S/C15H25N2O2.2C14H20N2O3.C14H19N2O2.C14H19NO4.2C13H19ClNO2/c1-12(15(2,3)4)19-14(18)11-17-9-7-13(8-10-17)16(5)6;1-10(14(2,3)4)19-12(17)9-16-7-5-11(6-8-16)13(15)18;1-10(14(2,3)4)19-12(17)9-16-7-5-6-11(8-16)13(15)18;1-11(14(2,3)4)18-13(17)10-16-7-5-12(9-15)6-8-16;1-10(14(2,3)4)19-12(16)9-15-7-5-11(6-8-15)13(17)18;1-10(13(2,3)4)17-12(16)9-15-7-5-11(14)6-8-15;1-10(13(2,3)4)17-12(16)9-15-7-5-6-11(14)8-15/h7-10,12H,11H2,1-6H3;2*5-8,10H,9H2,1-4H3,(H-,15,18);5-8,11H,10H2,1-4H3;5-8,10H,9H2,1-4H3;2*5-8,10H,9H2,1-4H3/q+1;;;+1;;2*+1/p+3/t12-;2*10-;11-;3*10-/m1111111/s1. The number of rotatable bonds is 25. The van der Waals surface area contributed by atoms with Crippen molar-refractivity contribution < 1.29 is 118 Å². The van der Waals surface area contributed by atoms with E-state index in [2.05, 4.69) is 20.8 Å². The van der Waals surface area contributed by atoms with Crippen LogP contribution >= 0.6 is 23.2 Å². The first kappa shape index (κ1) is 115. The van der Waals surface area contributed by atoms with Crippen molar-refractivity contribution in [1.82, 2.24) is 0 Å². The Kier molecular flexibility index (Phi) is 47.3. The average Bonchev–Trinajstić information content (AvgIpc) is 0.888. The Morgan fingerprint density at radius 2 is 0.555 bits per heavy atom. The van der Waals surface area contributed by atoms with E-state index in [9.17, 15) is 47.9 Å². The lowest BCUT2D eigenvalue weighted by Crippen LogP contribution is -2.41. The van der Waals surface area contributed by atoms with Gasteiger partial charge in [-0.05, 0) is 98.5 Å². The van der Waals surface area contributed by atoms with Gasteiger partial charge in [-0.3, -0.25) is 9.59 Å². The molecule has 702 valence electrons. The predicted octanol–water partition coefficient (Wildman–Crippen LogP) is 12.8. The fourth-order valence-electron chi connectivity index (χ4n) is 8.74. The van der Waals surface area contributed by atoms with Crippen LogP contribution in [0.15, 0.2) is 172 Å². The summed E-state index contributed by atoms with van der Waals surface area (Å²) in [6.45, 7) is 56.8. The van der Waals surface area contributed by atoms with Crippen molar-refractivity contribution in [1.29, 1.82) is 5.26 Å². The number of nitrogens with zero attached hydrogens (tertiary/aromatic N) is 9. The molecule has 0 saturated carbocycles. The number of hydrogen-bond donors (Lipinski definition) is 3. The molecule has 7 aromatic rings. The monoisotopic (exact) mass is 1820 g/mol. The number of ether oxygens (including phenoxy) is 7. The summed E-state index contributed by atoms with van der Waals surface area (Å²) >= 11 is 11.6. The van der Waals surface area contributed by atoms with Gasteiger partial charge in [0, 0.05) is 92.6 Å². The predicted molar refractivity (Wildman–Crippen MR) is 485 cm³/mol. The third-order valence-corrected chi connectivity index (χ3v) is 20.9. The van der Waals surface area contributed by atoms with Crippen LogP contribution in [0.2, 0.25) is 10.0 Å². The maximum absolute atomic E-state index is 11.8. The van der Waals surface area contributed by atoms with Gasteiger partial charge >= 0.3 is 47.8 Å². The second-order valence-corrected chi connectivity index (χ2v) is 39.6. The number of carbonyl (C=O) groups is 10. The van der Waals surface area contributed by atoms with Gasteiger partial charge in [0.1, 0.15) is 53.3 Å². The Morgan fingerprint density at radius 3 is 0.789 bits per heavy atom. The molecule has 0 bridgehead atoms. The van der Waals surface area contributed by atoms with Crippen molar-refractivity contribution in [3.8, 4) is 6.07 Å². The molecule has 5 N–H and O–H groups in total. The van der Waals surface area contributed by atoms with Gasteiger partial charge in [-0.15, -0.1) is 0 Å². The van der Waals surface area contributed by atoms with Crippen molar-refractivity contribution in [3.05, 3.63) is 204 Å². The van der Waals surface area contributed by atoms with Gasteiger partial charge < -0.3 is 54.6 Å². The first-order valence-electron chi connectivity index (χ1n) is 42.2. The number of aromatic carboxylic acids is 1. The number of pyridine rings is 7. The van der Waals surface area contributed by atoms with E-state index in [0.717, 1.165) is 5.69 Å². The first-order chi connectivity index (χ1) is 58.7. The number of aromatic nitrogens is 7. The normalized spacial score (nSPS) is 12.9. The summed E-state index contributed by atoms with van der Waals surface area (Å²) in [4.78, 5) is 117. The largest absolute Gasteiger partial charge is 0.478 e. The lowest BCUT2D eigenvalue weighted by atomic mass is 9.90. The van der Waals surface area contributed by atoms with E-state index >= 15 is 0 Å². The summed E-state index contributed by atoms with van der Waals surface area (Å²) in [6, 6.07) is 25.7. The number of primary amides is 2. The summed E-state index contributed by atoms with van der Waals surface area (Å²) < 4.78 is 49.3. The van der Waals surface area contributed by atoms with E-state index in [4.69, 9.17) is 78.2 Å². The van der Waals surface area contributed by atoms with E-state index in [1.165, 1.54) is 18.3 Å². The molecular formula is C97H144Cl2N11O18+7. The third-order valence-electron chi connectivity index (χ3n) is 20.4. The number of nitriles is 1. The zero-order valence-corrected chi connectivity index (χ0v) is 82.5. The van der Waals surface area contributed by atoms with Crippen LogP contribution in [-0.4, -0.2) is 121 Å². The fourth-order valence-corrected chi connectivity index (χ4v) is 9.05. The van der Waals surface area contributed by atoms with E-state index in [1.807, 2.05) is 227 Å². The van der Waals surface area contributed by atoms with E-state index < -0.39 is 17.8 Å². The molecule has 0 aliphatic carbocycles.